The van der Waals surface area contributed by atoms with E-state index < -0.39 is 24.2 Å². The highest BCUT2D eigenvalue weighted by molar-refractivity contribution is 7.90. The smallest absolute Gasteiger partial charge is 0.264 e. The first-order valence-electron chi connectivity index (χ1n) is 17.8. The number of aryl methyl sites for hydroxylation is 1. The van der Waals surface area contributed by atoms with Crippen LogP contribution in [0.1, 0.15) is 80.8 Å². The number of ether oxygens (including phenoxy) is 1. The lowest BCUT2D eigenvalue weighted by molar-refractivity contribution is 0.0519. The molecule has 2 aromatic rings. The third-order valence-electron chi connectivity index (χ3n) is 12.6. The molecule has 2 aliphatic heterocycles. The summed E-state index contributed by atoms with van der Waals surface area (Å²) in [6, 6.07) is 11.7. The molecule has 2 heterocycles. The van der Waals surface area contributed by atoms with E-state index >= 15 is 0 Å². The summed E-state index contributed by atoms with van der Waals surface area (Å²) in [5, 5.41) is 0.826. The zero-order chi connectivity index (χ0) is 34.1. The van der Waals surface area contributed by atoms with Gasteiger partial charge in [-0.3, -0.25) is 4.79 Å². The highest BCUT2D eigenvalue weighted by Crippen LogP contribution is 2.48. The molecule has 0 aromatic heterocycles. The first-order valence-corrected chi connectivity index (χ1v) is 22.8. The van der Waals surface area contributed by atoms with Crippen molar-refractivity contribution in [3.63, 3.8) is 0 Å². The highest BCUT2D eigenvalue weighted by atomic mass is 35.5. The second-order valence-corrected chi connectivity index (χ2v) is 23.7. The number of rotatable bonds is 2. The molecule has 3 aliphatic carbocycles. The molecule has 2 saturated carbocycles. The molecule has 5 aliphatic rings. The molecule has 7 rings (SSSR count). The minimum atomic E-state index is -3.82. The van der Waals surface area contributed by atoms with E-state index in [2.05, 4.69) is 67.8 Å². The molecule has 7 nitrogen and oxygen atoms in total. The summed E-state index contributed by atoms with van der Waals surface area (Å²) in [7, 11) is -5.92. The van der Waals surface area contributed by atoms with Gasteiger partial charge in [-0.15, -0.1) is 0 Å². The number of benzene rings is 2. The van der Waals surface area contributed by atoms with E-state index in [0.717, 1.165) is 74.5 Å². The number of anilines is 1. The molecule has 260 valence electrons. The zero-order valence-corrected chi connectivity index (χ0v) is 31.6. The molecule has 0 unspecified atom stereocenters. The third-order valence-corrected chi connectivity index (χ3v) is 18.7. The minimum absolute atomic E-state index is 0.00876. The topological polar surface area (TPSA) is 84.9 Å². The standard InChI is InChI=1S/C38H51ClN2O5SSi/c1-37(2,3)48(4,5)46-34-16-11-25-8-9-29(25)22-47(43,44)40-36(42)27-12-17-35-33(20-27)41(21-28-10-14-31(28)34)23-38(24-45-35)18-6-7-26-19-30(39)13-15-32(26)38/h11-13,15-17,19-20,25,28-29,31,34H,6-10,14,18,21-24H2,1-5H3,(H,40,42)/b16-11+/t25-,28-,29-,31+,34-,38-/m0/s1. The van der Waals surface area contributed by atoms with Gasteiger partial charge in [0.2, 0.25) is 10.0 Å². The second kappa shape index (κ2) is 12.5. The lowest BCUT2D eigenvalue weighted by Gasteiger charge is -2.48. The Kier molecular flexibility index (Phi) is 8.86. The fourth-order valence-electron chi connectivity index (χ4n) is 8.41. The number of hydrogen-bond acceptors (Lipinski definition) is 6. The molecular formula is C38H51ClN2O5SSi. The van der Waals surface area contributed by atoms with Gasteiger partial charge in [0.15, 0.2) is 8.32 Å². The van der Waals surface area contributed by atoms with Gasteiger partial charge in [-0.1, -0.05) is 50.6 Å². The molecule has 1 N–H and O–H groups in total. The number of fused-ring (bicyclic) bond motifs is 5. The minimum Gasteiger partial charge on any atom is -0.490 e. The van der Waals surface area contributed by atoms with Crippen molar-refractivity contribution >= 4 is 41.5 Å². The molecule has 2 fully saturated rings. The number of amides is 1. The Labute approximate surface area is 293 Å². The first kappa shape index (κ1) is 34.1. The molecule has 48 heavy (non-hydrogen) atoms. The number of nitrogens with one attached hydrogen (secondary N) is 1. The summed E-state index contributed by atoms with van der Waals surface area (Å²) in [6.45, 7) is 13.6. The molecule has 6 atom stereocenters. The number of nitrogens with zero attached hydrogens (tertiary/aromatic N) is 1. The van der Waals surface area contributed by atoms with E-state index in [1.807, 2.05) is 18.2 Å². The number of allylic oxidation sites excluding steroid dienone is 1. The maximum atomic E-state index is 13.5. The summed E-state index contributed by atoms with van der Waals surface area (Å²) < 4.78 is 42.9. The maximum Gasteiger partial charge on any atom is 0.264 e. The monoisotopic (exact) mass is 710 g/mol. The molecule has 0 radical (unpaired) electrons. The lowest BCUT2D eigenvalue weighted by atomic mass is 9.68. The molecule has 2 aromatic carbocycles. The molecule has 1 amide bonds. The fraction of sp³-hybridized carbons (Fsp3) is 0.605. The predicted octanol–water partition coefficient (Wildman–Crippen LogP) is 7.89. The van der Waals surface area contributed by atoms with Gasteiger partial charge in [-0.25, -0.2) is 13.1 Å². The average Bonchev–Trinajstić information content (AvgIpc) is 3.13. The van der Waals surface area contributed by atoms with Crippen LogP contribution >= 0.6 is 11.6 Å². The van der Waals surface area contributed by atoms with Crippen molar-refractivity contribution in [3.05, 3.63) is 70.3 Å². The van der Waals surface area contributed by atoms with Crippen LogP contribution in [0, 0.1) is 23.7 Å². The zero-order valence-electron chi connectivity index (χ0n) is 29.1. The van der Waals surface area contributed by atoms with Crippen LogP contribution in [0.2, 0.25) is 23.2 Å². The van der Waals surface area contributed by atoms with E-state index in [0.29, 0.717) is 24.0 Å². The van der Waals surface area contributed by atoms with Crippen molar-refractivity contribution in [1.82, 2.24) is 4.72 Å². The van der Waals surface area contributed by atoms with Crippen LogP contribution in [-0.2, 0) is 26.3 Å². The van der Waals surface area contributed by atoms with Crippen molar-refractivity contribution in [2.24, 2.45) is 23.7 Å². The molecule has 1 spiro atoms. The largest absolute Gasteiger partial charge is 0.490 e. The third kappa shape index (κ3) is 6.49. The number of carbonyl (C=O) groups excluding carboxylic acids is 1. The predicted molar refractivity (Wildman–Crippen MR) is 195 cm³/mol. The Morgan fingerprint density at radius 2 is 1.83 bits per heavy atom. The van der Waals surface area contributed by atoms with Crippen molar-refractivity contribution in [2.75, 3.05) is 30.3 Å². The molecule has 10 heteroatoms. The maximum absolute atomic E-state index is 13.5. The summed E-state index contributed by atoms with van der Waals surface area (Å²) in [5.74, 6) is 1.02. The SMILES string of the molecule is CC(C)(C)[Si](C)(C)O[C@H]1/C=C/[C@@H]2CC[C@H]2CS(=O)(=O)NC(=O)c2ccc3c(c2)N(C[C@@H]2CC[C@H]21)C[C@@]1(CCCc2cc(Cl)ccc21)CO3. The summed E-state index contributed by atoms with van der Waals surface area (Å²) >= 11 is 6.47. The number of halogens is 1. The summed E-state index contributed by atoms with van der Waals surface area (Å²) in [4.78, 5) is 15.9. The highest BCUT2D eigenvalue weighted by Gasteiger charge is 2.47. The van der Waals surface area contributed by atoms with Gasteiger partial charge in [0.25, 0.3) is 5.91 Å². The van der Waals surface area contributed by atoms with Gasteiger partial charge < -0.3 is 14.1 Å². The number of sulfonamides is 1. The average molecular weight is 711 g/mol. The Hall–Kier alpha value is -2.33. The first-order chi connectivity index (χ1) is 22.6. The van der Waals surface area contributed by atoms with Gasteiger partial charge in [0.05, 0.1) is 24.2 Å². The molecule has 2 bridgehead atoms. The van der Waals surface area contributed by atoms with Crippen LogP contribution < -0.4 is 14.4 Å². The lowest BCUT2D eigenvalue weighted by Crippen LogP contribution is -2.52. The number of carbonyl (C=O) groups is 1. The normalized spacial score (nSPS) is 32.2. The quantitative estimate of drug-likeness (QED) is 0.252. The van der Waals surface area contributed by atoms with Gasteiger partial charge in [-0.05, 0) is 128 Å². The van der Waals surface area contributed by atoms with Crippen molar-refractivity contribution < 1.29 is 22.4 Å². The second-order valence-electron chi connectivity index (χ2n) is 16.7. The van der Waals surface area contributed by atoms with E-state index in [4.69, 9.17) is 20.8 Å². The van der Waals surface area contributed by atoms with E-state index in [1.165, 1.54) is 11.1 Å². The Balaban J connectivity index is 1.30. The Morgan fingerprint density at radius 3 is 2.54 bits per heavy atom. The van der Waals surface area contributed by atoms with Gasteiger partial charge in [0.1, 0.15) is 5.75 Å². The van der Waals surface area contributed by atoms with E-state index in [9.17, 15) is 13.2 Å². The van der Waals surface area contributed by atoms with E-state index in [1.54, 1.807) is 6.07 Å². The van der Waals surface area contributed by atoms with Crippen LogP contribution in [0.3, 0.4) is 0 Å². The van der Waals surface area contributed by atoms with Gasteiger partial charge in [-0.2, -0.15) is 0 Å². The van der Waals surface area contributed by atoms with E-state index in [-0.39, 0.29) is 34.1 Å². The Bertz CT molecular complexity index is 1720. The Morgan fingerprint density at radius 1 is 1.04 bits per heavy atom. The van der Waals surface area contributed by atoms with Crippen LogP contribution in [-0.4, -0.2) is 54.2 Å². The van der Waals surface area contributed by atoms with Gasteiger partial charge >= 0.3 is 0 Å². The van der Waals surface area contributed by atoms with Crippen molar-refractivity contribution in [2.45, 2.75) is 95.4 Å². The summed E-state index contributed by atoms with van der Waals surface area (Å²) in [6.07, 6.45) is 11.6. The fourth-order valence-corrected chi connectivity index (χ4v) is 11.4. The summed E-state index contributed by atoms with van der Waals surface area (Å²) in [5.41, 5.74) is 3.53. The van der Waals surface area contributed by atoms with Crippen molar-refractivity contribution in [1.29, 1.82) is 0 Å². The number of hydrogen-bond donors (Lipinski definition) is 1. The van der Waals surface area contributed by atoms with Crippen LogP contribution in [0.5, 0.6) is 5.75 Å². The van der Waals surface area contributed by atoms with Gasteiger partial charge in [0, 0.05) is 29.1 Å². The van der Waals surface area contributed by atoms with Crippen LogP contribution in [0.4, 0.5) is 5.69 Å². The van der Waals surface area contributed by atoms with Crippen LogP contribution in [0.25, 0.3) is 0 Å². The van der Waals surface area contributed by atoms with Crippen LogP contribution in [0.15, 0.2) is 48.6 Å². The van der Waals surface area contributed by atoms with Crippen molar-refractivity contribution in [3.8, 4) is 5.75 Å². The molecular weight excluding hydrogens is 660 g/mol. The molecule has 0 saturated heterocycles.